The van der Waals surface area contributed by atoms with Crippen LogP contribution in [0.1, 0.15) is 22.8 Å². The second-order valence-electron chi connectivity index (χ2n) is 6.29. The van der Waals surface area contributed by atoms with E-state index < -0.39 is 18.0 Å². The summed E-state index contributed by atoms with van der Waals surface area (Å²) in [5.74, 6) is -1.33. The number of hydrogen-bond donors (Lipinski definition) is 1. The lowest BCUT2D eigenvalue weighted by Crippen LogP contribution is -2.30. The molecule has 0 aliphatic heterocycles. The van der Waals surface area contributed by atoms with Gasteiger partial charge in [-0.15, -0.1) is 0 Å². The van der Waals surface area contributed by atoms with Crippen molar-refractivity contribution >= 4 is 29.2 Å². The number of carbonyl (C=O) groups is 2. The van der Waals surface area contributed by atoms with Crippen LogP contribution in [0, 0.1) is 5.82 Å². The third-order valence-corrected chi connectivity index (χ3v) is 4.39. The zero-order valence-electron chi connectivity index (χ0n) is 16.0. The molecule has 0 spiro atoms. The molecular weight excluding hydrogens is 411 g/mol. The number of hydrogen-bond acceptors (Lipinski definition) is 5. The number of aromatic nitrogens is 1. The number of esters is 1. The zero-order chi connectivity index (χ0) is 21.5. The number of benzene rings is 2. The fourth-order valence-electron chi connectivity index (χ4n) is 2.49. The molecule has 0 saturated heterocycles. The van der Waals surface area contributed by atoms with E-state index in [0.717, 1.165) is 5.56 Å². The molecule has 0 aliphatic carbocycles. The van der Waals surface area contributed by atoms with Gasteiger partial charge in [-0.3, -0.25) is 4.79 Å². The largest absolute Gasteiger partial charge is 0.488 e. The summed E-state index contributed by atoms with van der Waals surface area (Å²) >= 11 is 5.92. The molecule has 1 N–H and O–H groups in total. The van der Waals surface area contributed by atoms with Gasteiger partial charge in [-0.1, -0.05) is 35.9 Å². The zero-order valence-corrected chi connectivity index (χ0v) is 16.7. The molecule has 0 bridgehead atoms. The maximum absolute atomic E-state index is 13.0. The molecule has 3 aromatic rings. The van der Waals surface area contributed by atoms with Crippen LogP contribution < -0.4 is 10.1 Å². The van der Waals surface area contributed by atoms with Crippen molar-refractivity contribution in [1.82, 2.24) is 4.98 Å². The van der Waals surface area contributed by atoms with Gasteiger partial charge >= 0.3 is 5.97 Å². The number of nitrogens with zero attached hydrogens (tertiary/aromatic N) is 1. The van der Waals surface area contributed by atoms with Crippen LogP contribution in [0.15, 0.2) is 66.9 Å². The Labute approximate surface area is 177 Å². The van der Waals surface area contributed by atoms with E-state index in [-0.39, 0.29) is 28.9 Å². The number of nitrogens with one attached hydrogen (secondary N) is 1. The van der Waals surface area contributed by atoms with E-state index in [9.17, 15) is 14.0 Å². The Morgan fingerprint density at radius 3 is 2.57 bits per heavy atom. The quantitative estimate of drug-likeness (QED) is 0.438. The number of anilines is 1. The Balaban J connectivity index is 1.64. The minimum Gasteiger partial charge on any atom is -0.488 e. The van der Waals surface area contributed by atoms with E-state index in [4.69, 9.17) is 21.1 Å². The molecule has 1 unspecified atom stereocenters. The van der Waals surface area contributed by atoms with E-state index in [1.54, 1.807) is 42.5 Å². The van der Waals surface area contributed by atoms with E-state index >= 15 is 0 Å². The van der Waals surface area contributed by atoms with Gasteiger partial charge in [0.2, 0.25) is 0 Å². The standard InChI is InChI=1S/C22H18ClFN2O4/c1-14(21(27)26-18-6-4-12-25-20(18)23)30-22(28)17-5-2-3-7-19(17)29-13-15-8-10-16(24)11-9-15/h2-12,14H,13H2,1H3,(H,26,27). The van der Waals surface area contributed by atoms with Crippen LogP contribution in [0.3, 0.4) is 0 Å². The second kappa shape index (κ2) is 9.84. The van der Waals surface area contributed by atoms with E-state index in [2.05, 4.69) is 10.3 Å². The molecule has 2 aromatic carbocycles. The van der Waals surface area contributed by atoms with Gasteiger partial charge in [0.15, 0.2) is 11.3 Å². The molecule has 154 valence electrons. The first-order chi connectivity index (χ1) is 14.4. The first-order valence-corrected chi connectivity index (χ1v) is 9.40. The van der Waals surface area contributed by atoms with Gasteiger partial charge in [-0.25, -0.2) is 14.2 Å². The minimum absolute atomic E-state index is 0.129. The first-order valence-electron chi connectivity index (χ1n) is 9.02. The van der Waals surface area contributed by atoms with Crippen LogP contribution in [-0.2, 0) is 16.1 Å². The molecule has 0 fully saturated rings. The summed E-state index contributed by atoms with van der Waals surface area (Å²) in [5, 5.41) is 2.69. The van der Waals surface area contributed by atoms with Gasteiger partial charge in [0.25, 0.3) is 5.91 Å². The predicted molar refractivity (Wildman–Crippen MR) is 110 cm³/mol. The van der Waals surface area contributed by atoms with Crippen molar-refractivity contribution in [3.63, 3.8) is 0 Å². The highest BCUT2D eigenvalue weighted by Gasteiger charge is 2.22. The van der Waals surface area contributed by atoms with Crippen LogP contribution in [0.25, 0.3) is 0 Å². The van der Waals surface area contributed by atoms with E-state index in [1.165, 1.54) is 31.3 Å². The van der Waals surface area contributed by atoms with Crippen LogP contribution in [0.4, 0.5) is 10.1 Å². The van der Waals surface area contributed by atoms with E-state index in [0.29, 0.717) is 5.69 Å². The summed E-state index contributed by atoms with van der Waals surface area (Å²) < 4.78 is 24.0. The van der Waals surface area contributed by atoms with Crippen molar-refractivity contribution in [1.29, 1.82) is 0 Å². The maximum Gasteiger partial charge on any atom is 0.342 e. The normalized spacial score (nSPS) is 11.4. The fourth-order valence-corrected chi connectivity index (χ4v) is 2.66. The number of carbonyl (C=O) groups excluding carboxylic acids is 2. The highest BCUT2D eigenvalue weighted by atomic mass is 35.5. The van der Waals surface area contributed by atoms with E-state index in [1.807, 2.05) is 0 Å². The van der Waals surface area contributed by atoms with Gasteiger partial charge in [-0.2, -0.15) is 0 Å². The number of rotatable bonds is 7. The number of ether oxygens (including phenoxy) is 2. The number of para-hydroxylation sites is 1. The molecule has 0 saturated carbocycles. The van der Waals surface area contributed by atoms with Gasteiger partial charge in [-0.05, 0) is 48.9 Å². The molecule has 1 heterocycles. The lowest BCUT2D eigenvalue weighted by molar-refractivity contribution is -0.123. The van der Waals surface area contributed by atoms with Crippen LogP contribution >= 0.6 is 11.6 Å². The molecule has 3 rings (SSSR count). The van der Waals surface area contributed by atoms with Gasteiger partial charge in [0.1, 0.15) is 23.7 Å². The smallest absolute Gasteiger partial charge is 0.342 e. The first kappa shape index (κ1) is 21.3. The summed E-state index contributed by atoms with van der Waals surface area (Å²) in [6.07, 6.45) is 0.406. The SMILES string of the molecule is CC(OC(=O)c1ccccc1OCc1ccc(F)cc1)C(=O)Nc1cccnc1Cl. The molecule has 8 heteroatoms. The van der Waals surface area contributed by atoms with Gasteiger partial charge in [0, 0.05) is 6.20 Å². The Bertz CT molecular complexity index is 1040. The molecule has 1 aromatic heterocycles. The summed E-state index contributed by atoms with van der Waals surface area (Å²) in [5.41, 5.74) is 1.22. The Kier molecular flexibility index (Phi) is 6.98. The van der Waals surface area contributed by atoms with Gasteiger partial charge in [0.05, 0.1) is 5.69 Å². The lowest BCUT2D eigenvalue weighted by Gasteiger charge is -2.15. The van der Waals surface area contributed by atoms with Crippen molar-refractivity contribution < 1.29 is 23.5 Å². The maximum atomic E-state index is 13.0. The summed E-state index contributed by atoms with van der Waals surface area (Å²) in [6.45, 7) is 1.58. The highest BCUT2D eigenvalue weighted by Crippen LogP contribution is 2.22. The van der Waals surface area contributed by atoms with Crippen LogP contribution in [0.5, 0.6) is 5.75 Å². The lowest BCUT2D eigenvalue weighted by atomic mass is 10.2. The molecular formula is C22H18ClFN2O4. The summed E-state index contributed by atoms with van der Waals surface area (Å²) in [7, 11) is 0. The molecule has 30 heavy (non-hydrogen) atoms. The van der Waals surface area contributed by atoms with Crippen molar-refractivity contribution in [2.45, 2.75) is 19.6 Å². The molecule has 6 nitrogen and oxygen atoms in total. The van der Waals surface area contributed by atoms with Crippen LogP contribution in [0.2, 0.25) is 5.15 Å². The van der Waals surface area contributed by atoms with Gasteiger partial charge < -0.3 is 14.8 Å². The van der Waals surface area contributed by atoms with Crippen molar-refractivity contribution in [2.75, 3.05) is 5.32 Å². The van der Waals surface area contributed by atoms with Crippen molar-refractivity contribution in [3.05, 3.63) is 89.0 Å². The number of amides is 1. The summed E-state index contributed by atoms with van der Waals surface area (Å²) in [4.78, 5) is 28.8. The minimum atomic E-state index is -1.08. The van der Waals surface area contributed by atoms with Crippen molar-refractivity contribution in [3.8, 4) is 5.75 Å². The second-order valence-corrected chi connectivity index (χ2v) is 6.65. The highest BCUT2D eigenvalue weighted by molar-refractivity contribution is 6.32. The average Bonchev–Trinajstić information content (AvgIpc) is 2.75. The molecule has 1 atom stereocenters. The molecule has 0 aliphatic rings. The fraction of sp³-hybridized carbons (Fsp3) is 0.136. The Morgan fingerprint density at radius 2 is 1.83 bits per heavy atom. The predicted octanol–water partition coefficient (Wildman–Crippen LogP) is 4.64. The molecule has 1 amide bonds. The Morgan fingerprint density at radius 1 is 1.10 bits per heavy atom. The monoisotopic (exact) mass is 428 g/mol. The molecule has 0 radical (unpaired) electrons. The van der Waals surface area contributed by atoms with Crippen molar-refractivity contribution in [2.24, 2.45) is 0 Å². The summed E-state index contributed by atoms with van der Waals surface area (Å²) in [6, 6.07) is 15.5. The third kappa shape index (κ3) is 5.55. The average molecular weight is 429 g/mol. The number of pyridine rings is 1. The Hall–Kier alpha value is -3.45. The number of halogens is 2. The third-order valence-electron chi connectivity index (χ3n) is 4.08. The topological polar surface area (TPSA) is 77.5 Å². The van der Waals surface area contributed by atoms with Crippen LogP contribution in [-0.4, -0.2) is 23.0 Å².